The molecule has 2 aromatic heterocycles. The topological polar surface area (TPSA) is 82.3 Å². The molecule has 2 aromatic carbocycles. The summed E-state index contributed by atoms with van der Waals surface area (Å²) in [5.74, 6) is 1.18. The summed E-state index contributed by atoms with van der Waals surface area (Å²) >= 11 is 0. The van der Waals surface area contributed by atoms with Gasteiger partial charge in [-0.25, -0.2) is 4.98 Å². The summed E-state index contributed by atoms with van der Waals surface area (Å²) in [5.41, 5.74) is 2.06. The van der Waals surface area contributed by atoms with E-state index in [-0.39, 0.29) is 5.75 Å². The summed E-state index contributed by atoms with van der Waals surface area (Å²) in [7, 11) is 1.52. The molecule has 0 saturated heterocycles. The van der Waals surface area contributed by atoms with Crippen LogP contribution in [0.25, 0.3) is 22.1 Å². The van der Waals surface area contributed by atoms with E-state index in [1.165, 1.54) is 19.2 Å². The van der Waals surface area contributed by atoms with Crippen molar-refractivity contribution in [1.29, 1.82) is 0 Å². The van der Waals surface area contributed by atoms with Crippen molar-refractivity contribution in [2.24, 2.45) is 0 Å². The van der Waals surface area contributed by atoms with Crippen molar-refractivity contribution < 1.29 is 27.2 Å². The van der Waals surface area contributed by atoms with Crippen molar-refractivity contribution in [3.8, 4) is 22.8 Å². The summed E-state index contributed by atoms with van der Waals surface area (Å²) in [4.78, 5) is 8.38. The molecule has 0 radical (unpaired) electrons. The van der Waals surface area contributed by atoms with Gasteiger partial charge in [-0.3, -0.25) is 0 Å². The Balaban J connectivity index is 1.55. The lowest BCUT2D eigenvalue weighted by molar-refractivity contribution is -0.274. The van der Waals surface area contributed by atoms with Crippen LogP contribution in [-0.4, -0.2) is 28.6 Å². The predicted octanol–water partition coefficient (Wildman–Crippen LogP) is 4.80. The maximum Gasteiger partial charge on any atom is 0.573 e. The van der Waals surface area contributed by atoms with E-state index >= 15 is 0 Å². The number of nitrogens with zero attached hydrogens (tertiary/aromatic N) is 3. The number of methoxy groups -OCH3 is 1. The van der Waals surface area contributed by atoms with Crippen molar-refractivity contribution in [3.63, 3.8) is 0 Å². The number of halogens is 3. The van der Waals surface area contributed by atoms with Crippen LogP contribution in [0.2, 0.25) is 0 Å². The normalized spacial score (nSPS) is 11.5. The first kappa shape index (κ1) is 19.5. The third kappa shape index (κ3) is 4.43. The first-order valence-electron chi connectivity index (χ1n) is 8.77. The first-order chi connectivity index (χ1) is 14.4. The zero-order valence-corrected chi connectivity index (χ0v) is 15.6. The molecule has 0 unspecified atom stereocenters. The predicted molar refractivity (Wildman–Crippen MR) is 102 cm³/mol. The fourth-order valence-electron chi connectivity index (χ4n) is 2.84. The molecule has 2 heterocycles. The fourth-order valence-corrected chi connectivity index (χ4v) is 2.84. The molecule has 0 fully saturated rings. The average Bonchev–Trinajstić information content (AvgIpc) is 3.14. The van der Waals surface area contributed by atoms with E-state index in [4.69, 9.17) is 9.26 Å². The molecule has 0 bridgehead atoms. The number of fused-ring (bicyclic) bond motifs is 1. The highest BCUT2D eigenvalue weighted by Gasteiger charge is 2.30. The highest BCUT2D eigenvalue weighted by atomic mass is 19.4. The monoisotopic (exact) mass is 416 g/mol. The van der Waals surface area contributed by atoms with Crippen LogP contribution in [0.4, 0.5) is 19.0 Å². The third-order valence-electron chi connectivity index (χ3n) is 4.19. The molecule has 0 spiro atoms. The smallest absolute Gasteiger partial charge is 0.481 e. The largest absolute Gasteiger partial charge is 0.573 e. The minimum Gasteiger partial charge on any atom is -0.481 e. The number of anilines is 1. The van der Waals surface area contributed by atoms with E-state index in [1.54, 1.807) is 36.5 Å². The van der Waals surface area contributed by atoms with Crippen molar-refractivity contribution in [2.45, 2.75) is 12.9 Å². The Morgan fingerprint density at radius 3 is 2.53 bits per heavy atom. The second-order valence-electron chi connectivity index (χ2n) is 6.18. The number of hydrogen-bond donors (Lipinski definition) is 1. The molecule has 30 heavy (non-hydrogen) atoms. The van der Waals surface area contributed by atoms with Crippen LogP contribution in [0.5, 0.6) is 11.6 Å². The van der Waals surface area contributed by atoms with Gasteiger partial charge in [0.05, 0.1) is 19.0 Å². The number of benzene rings is 2. The summed E-state index contributed by atoms with van der Waals surface area (Å²) < 4.78 is 51.3. The third-order valence-corrected chi connectivity index (χ3v) is 4.19. The van der Waals surface area contributed by atoms with Gasteiger partial charge in [-0.05, 0) is 35.4 Å². The number of nitrogens with one attached hydrogen (secondary N) is 1. The van der Waals surface area contributed by atoms with Crippen molar-refractivity contribution in [2.75, 3.05) is 12.4 Å². The number of ether oxygens (including phenoxy) is 2. The lowest BCUT2D eigenvalue weighted by atomic mass is 10.0. The average molecular weight is 416 g/mol. The Hall–Kier alpha value is -3.82. The summed E-state index contributed by atoms with van der Waals surface area (Å²) in [6.45, 7) is 0.298. The molecule has 0 amide bonds. The molecule has 0 saturated carbocycles. The Kier molecular flexibility index (Phi) is 5.13. The van der Waals surface area contributed by atoms with E-state index < -0.39 is 6.36 Å². The van der Waals surface area contributed by atoms with Crippen LogP contribution in [0.3, 0.4) is 0 Å². The first-order valence-corrected chi connectivity index (χ1v) is 8.77. The standard InChI is InChI=1S/C20H15F3N4O3/c1-28-18-8-9-24-17(26-18)11-25-19-15-10-13(4-7-16(15)30-27-19)12-2-5-14(6-3-12)29-20(21,22)23/h2-10H,11H2,1H3,(H,25,27). The number of aromatic nitrogens is 3. The van der Waals surface area contributed by atoms with E-state index in [2.05, 4.69) is 25.2 Å². The molecule has 0 aliphatic carbocycles. The zero-order valence-electron chi connectivity index (χ0n) is 15.6. The van der Waals surface area contributed by atoms with Gasteiger partial charge in [0.25, 0.3) is 0 Å². The van der Waals surface area contributed by atoms with Crippen molar-refractivity contribution >= 4 is 16.8 Å². The SMILES string of the molecule is COc1ccnc(CNc2noc3ccc(-c4ccc(OC(F)(F)F)cc4)cc23)n1. The Morgan fingerprint density at radius 2 is 1.80 bits per heavy atom. The van der Waals surface area contributed by atoms with Gasteiger partial charge in [-0.1, -0.05) is 23.4 Å². The van der Waals surface area contributed by atoms with Crippen LogP contribution in [0, 0.1) is 0 Å². The van der Waals surface area contributed by atoms with E-state index in [1.807, 2.05) is 6.07 Å². The van der Waals surface area contributed by atoms with Crippen LogP contribution in [0.15, 0.2) is 59.3 Å². The van der Waals surface area contributed by atoms with Crippen molar-refractivity contribution in [1.82, 2.24) is 15.1 Å². The van der Waals surface area contributed by atoms with Gasteiger partial charge >= 0.3 is 6.36 Å². The summed E-state index contributed by atoms with van der Waals surface area (Å²) in [6.07, 6.45) is -3.13. The van der Waals surface area contributed by atoms with Gasteiger partial charge in [0.1, 0.15) is 5.75 Å². The second kappa shape index (κ2) is 7.90. The van der Waals surface area contributed by atoms with Crippen molar-refractivity contribution in [3.05, 3.63) is 60.6 Å². The lowest BCUT2D eigenvalue weighted by Gasteiger charge is -2.09. The van der Waals surface area contributed by atoms with Gasteiger partial charge in [-0.15, -0.1) is 13.2 Å². The Bertz CT molecular complexity index is 1160. The van der Waals surface area contributed by atoms with E-state index in [9.17, 15) is 13.2 Å². The lowest BCUT2D eigenvalue weighted by Crippen LogP contribution is -2.16. The van der Waals surface area contributed by atoms with Gasteiger partial charge in [0, 0.05) is 12.3 Å². The van der Waals surface area contributed by atoms with Gasteiger partial charge < -0.3 is 19.3 Å². The molecular formula is C20H15F3N4O3. The van der Waals surface area contributed by atoms with Crippen LogP contribution >= 0.6 is 0 Å². The highest BCUT2D eigenvalue weighted by molar-refractivity contribution is 5.91. The Labute approximate surface area is 168 Å². The van der Waals surface area contributed by atoms with E-state index in [0.717, 1.165) is 11.1 Å². The quantitative estimate of drug-likeness (QED) is 0.483. The minimum atomic E-state index is -4.73. The van der Waals surface area contributed by atoms with Crippen LogP contribution in [0.1, 0.15) is 5.82 Å². The maximum atomic E-state index is 12.3. The number of alkyl halides is 3. The number of rotatable bonds is 6. The zero-order chi connectivity index (χ0) is 21.1. The number of hydrogen-bond acceptors (Lipinski definition) is 7. The maximum absolute atomic E-state index is 12.3. The molecule has 0 atom stereocenters. The molecular weight excluding hydrogens is 401 g/mol. The van der Waals surface area contributed by atoms with Gasteiger partial charge in [0.2, 0.25) is 5.88 Å². The summed E-state index contributed by atoms with van der Waals surface area (Å²) in [5, 5.41) is 7.86. The highest BCUT2D eigenvalue weighted by Crippen LogP contribution is 2.31. The van der Waals surface area contributed by atoms with Gasteiger partial charge in [0.15, 0.2) is 17.2 Å². The van der Waals surface area contributed by atoms with Gasteiger partial charge in [-0.2, -0.15) is 4.98 Å². The van der Waals surface area contributed by atoms with E-state index in [0.29, 0.717) is 35.0 Å². The molecule has 10 heteroatoms. The molecule has 4 rings (SSSR count). The molecule has 4 aromatic rings. The minimum absolute atomic E-state index is 0.280. The molecule has 0 aliphatic heterocycles. The van der Waals surface area contributed by atoms with Crippen LogP contribution in [-0.2, 0) is 6.54 Å². The summed E-state index contributed by atoms with van der Waals surface area (Å²) in [6, 6.07) is 12.6. The second-order valence-corrected chi connectivity index (χ2v) is 6.18. The molecule has 1 N–H and O–H groups in total. The molecule has 154 valence electrons. The molecule has 7 nitrogen and oxygen atoms in total. The molecule has 0 aliphatic rings. The Morgan fingerprint density at radius 1 is 1.03 bits per heavy atom. The van der Waals surface area contributed by atoms with Crippen LogP contribution < -0.4 is 14.8 Å². The fraction of sp³-hybridized carbons (Fsp3) is 0.150.